The SMILES string of the molecule is CCCCCCCCC=CCCCCCCCCC(O)(OP(=O)(O)O)C(C)(C)O. The summed E-state index contributed by atoms with van der Waals surface area (Å²) in [5, 5.41) is 20.3. The molecule has 174 valence electrons. The minimum atomic E-state index is -4.89. The molecule has 0 rings (SSSR count). The van der Waals surface area contributed by atoms with Crippen molar-refractivity contribution < 1.29 is 29.1 Å². The van der Waals surface area contributed by atoms with Crippen LogP contribution in [0.15, 0.2) is 12.2 Å². The Morgan fingerprint density at radius 3 is 1.59 bits per heavy atom. The number of hydrogen-bond donors (Lipinski definition) is 4. The van der Waals surface area contributed by atoms with E-state index in [1.807, 2.05) is 0 Å². The lowest BCUT2D eigenvalue weighted by molar-refractivity contribution is -0.255. The molecule has 0 aliphatic heterocycles. The van der Waals surface area contributed by atoms with Gasteiger partial charge in [-0.3, -0.25) is 4.52 Å². The smallest absolute Gasteiger partial charge is 0.385 e. The van der Waals surface area contributed by atoms with E-state index in [1.165, 1.54) is 65.2 Å². The second kappa shape index (κ2) is 15.6. The number of phosphoric acid groups is 1. The average Bonchev–Trinajstić information content (AvgIpc) is 2.59. The fraction of sp³-hybridized carbons (Fsp3) is 0.909. The van der Waals surface area contributed by atoms with Gasteiger partial charge in [-0.25, -0.2) is 4.57 Å². The molecule has 0 aliphatic rings. The number of hydrogen-bond acceptors (Lipinski definition) is 4. The van der Waals surface area contributed by atoms with Gasteiger partial charge in [0.15, 0.2) is 0 Å². The van der Waals surface area contributed by atoms with Crippen LogP contribution < -0.4 is 0 Å². The van der Waals surface area contributed by atoms with Crippen LogP contribution in [0.1, 0.15) is 117 Å². The summed E-state index contributed by atoms with van der Waals surface area (Å²) in [5.41, 5.74) is -1.77. The van der Waals surface area contributed by atoms with Crippen molar-refractivity contribution in [3.05, 3.63) is 12.2 Å². The van der Waals surface area contributed by atoms with Crippen molar-refractivity contribution in [2.75, 3.05) is 0 Å². The summed E-state index contributed by atoms with van der Waals surface area (Å²) in [6.45, 7) is 4.80. The van der Waals surface area contributed by atoms with Gasteiger partial charge >= 0.3 is 7.82 Å². The normalized spacial score (nSPS) is 15.1. The van der Waals surface area contributed by atoms with E-state index in [0.29, 0.717) is 6.42 Å². The van der Waals surface area contributed by atoms with E-state index in [9.17, 15) is 14.8 Å². The van der Waals surface area contributed by atoms with Gasteiger partial charge in [0, 0.05) is 6.42 Å². The molecule has 7 heteroatoms. The Hall–Kier alpha value is -0.230. The maximum atomic E-state index is 11.1. The lowest BCUT2D eigenvalue weighted by Crippen LogP contribution is -2.51. The van der Waals surface area contributed by atoms with E-state index < -0.39 is 19.2 Å². The molecule has 0 spiro atoms. The lowest BCUT2D eigenvalue weighted by atomic mass is 9.92. The molecule has 0 amide bonds. The zero-order chi connectivity index (χ0) is 22.2. The summed E-state index contributed by atoms with van der Waals surface area (Å²) in [4.78, 5) is 17.9. The van der Waals surface area contributed by atoms with Crippen LogP contribution in [0, 0.1) is 0 Å². The molecule has 0 saturated carbocycles. The zero-order valence-electron chi connectivity index (χ0n) is 18.8. The van der Waals surface area contributed by atoms with E-state index in [1.54, 1.807) is 0 Å². The van der Waals surface area contributed by atoms with E-state index in [2.05, 4.69) is 23.6 Å². The first-order valence-electron chi connectivity index (χ1n) is 11.4. The van der Waals surface area contributed by atoms with Gasteiger partial charge in [0.2, 0.25) is 5.79 Å². The monoisotopic (exact) mass is 436 g/mol. The molecule has 1 unspecified atom stereocenters. The summed E-state index contributed by atoms with van der Waals surface area (Å²) in [6.07, 6.45) is 20.6. The van der Waals surface area contributed by atoms with Gasteiger partial charge in [0.05, 0.1) is 0 Å². The fourth-order valence-corrected chi connectivity index (χ4v) is 3.98. The molecular weight excluding hydrogens is 391 g/mol. The molecule has 1 atom stereocenters. The second-order valence-electron chi connectivity index (χ2n) is 8.61. The summed E-state index contributed by atoms with van der Waals surface area (Å²) < 4.78 is 15.5. The van der Waals surface area contributed by atoms with Crippen molar-refractivity contribution in [3.8, 4) is 0 Å². The molecule has 0 radical (unpaired) electrons. The van der Waals surface area contributed by atoms with Gasteiger partial charge in [0.1, 0.15) is 5.60 Å². The summed E-state index contributed by atoms with van der Waals surface area (Å²) in [5.74, 6) is -2.26. The molecule has 0 aromatic carbocycles. The van der Waals surface area contributed by atoms with Crippen molar-refractivity contribution in [2.24, 2.45) is 0 Å². The van der Waals surface area contributed by atoms with Crippen LogP contribution in [0.2, 0.25) is 0 Å². The number of aliphatic hydroxyl groups is 2. The van der Waals surface area contributed by atoms with Gasteiger partial charge in [-0.2, -0.15) is 0 Å². The van der Waals surface area contributed by atoms with E-state index >= 15 is 0 Å². The van der Waals surface area contributed by atoms with Crippen LogP contribution in [0.4, 0.5) is 0 Å². The van der Waals surface area contributed by atoms with Gasteiger partial charge in [-0.1, -0.05) is 76.9 Å². The van der Waals surface area contributed by atoms with Crippen LogP contribution in [-0.2, 0) is 9.09 Å². The first-order chi connectivity index (χ1) is 13.5. The van der Waals surface area contributed by atoms with E-state index in [0.717, 1.165) is 32.1 Å². The van der Waals surface area contributed by atoms with Crippen LogP contribution in [0.3, 0.4) is 0 Å². The van der Waals surface area contributed by atoms with Gasteiger partial charge in [-0.15, -0.1) is 0 Å². The molecular formula is C22H45O6P. The maximum Gasteiger partial charge on any atom is 0.472 e. The number of phosphoric ester groups is 1. The predicted octanol–water partition coefficient (Wildman–Crippen LogP) is 5.98. The van der Waals surface area contributed by atoms with Gasteiger partial charge < -0.3 is 20.0 Å². The molecule has 4 N–H and O–H groups in total. The quantitative estimate of drug-likeness (QED) is 0.0858. The topological polar surface area (TPSA) is 107 Å². The summed E-state index contributed by atoms with van der Waals surface area (Å²) in [7, 11) is -4.89. The molecule has 0 saturated heterocycles. The first-order valence-corrected chi connectivity index (χ1v) is 12.9. The zero-order valence-corrected chi connectivity index (χ0v) is 19.7. The Labute approximate surface area is 178 Å². The van der Waals surface area contributed by atoms with Crippen molar-refractivity contribution in [1.29, 1.82) is 0 Å². The highest BCUT2D eigenvalue weighted by molar-refractivity contribution is 7.46. The third-order valence-corrected chi connectivity index (χ3v) is 5.79. The van der Waals surface area contributed by atoms with Crippen molar-refractivity contribution >= 4 is 7.82 Å². The minimum Gasteiger partial charge on any atom is -0.385 e. The average molecular weight is 437 g/mol. The second-order valence-corrected chi connectivity index (χ2v) is 9.78. The van der Waals surface area contributed by atoms with Crippen LogP contribution >= 0.6 is 7.82 Å². The largest absolute Gasteiger partial charge is 0.472 e. The third-order valence-electron chi connectivity index (χ3n) is 5.25. The highest BCUT2D eigenvalue weighted by Crippen LogP contribution is 2.45. The molecule has 0 bridgehead atoms. The molecule has 6 nitrogen and oxygen atoms in total. The molecule has 0 aliphatic carbocycles. The number of allylic oxidation sites excluding steroid dienone is 2. The number of unbranched alkanes of at least 4 members (excludes halogenated alkanes) is 12. The third kappa shape index (κ3) is 16.2. The molecule has 0 heterocycles. The Morgan fingerprint density at radius 1 is 0.759 bits per heavy atom. The fourth-order valence-electron chi connectivity index (χ4n) is 3.27. The number of rotatable bonds is 19. The standard InChI is InChI=1S/C22H45O6P/c1-4-5-6-7-8-9-10-11-12-13-14-15-16-17-18-19-20-22(24,21(2,3)23)28-29(25,26)27/h11-12,23-24H,4-10,13-20H2,1-3H3,(H2,25,26,27). The van der Waals surface area contributed by atoms with Crippen molar-refractivity contribution in [1.82, 2.24) is 0 Å². The lowest BCUT2D eigenvalue weighted by Gasteiger charge is -2.38. The Morgan fingerprint density at radius 2 is 1.17 bits per heavy atom. The molecule has 29 heavy (non-hydrogen) atoms. The van der Waals surface area contributed by atoms with Crippen LogP contribution in [0.25, 0.3) is 0 Å². The van der Waals surface area contributed by atoms with Crippen LogP contribution in [-0.4, -0.2) is 31.4 Å². The van der Waals surface area contributed by atoms with Crippen LogP contribution in [0.5, 0.6) is 0 Å². The summed E-state index contributed by atoms with van der Waals surface area (Å²) in [6, 6.07) is 0. The highest BCUT2D eigenvalue weighted by atomic mass is 31.2. The maximum absolute atomic E-state index is 11.1. The van der Waals surface area contributed by atoms with Gasteiger partial charge in [-0.05, 0) is 46.0 Å². The highest BCUT2D eigenvalue weighted by Gasteiger charge is 2.47. The Kier molecular flexibility index (Phi) is 15.4. The minimum absolute atomic E-state index is 0.0250. The molecule has 0 aromatic rings. The molecule has 0 fully saturated rings. The Balaban J connectivity index is 3.71. The Bertz CT molecular complexity index is 468. The summed E-state index contributed by atoms with van der Waals surface area (Å²) >= 11 is 0. The molecule has 0 aromatic heterocycles. The van der Waals surface area contributed by atoms with Crippen molar-refractivity contribution in [3.63, 3.8) is 0 Å². The van der Waals surface area contributed by atoms with Gasteiger partial charge in [0.25, 0.3) is 0 Å². The van der Waals surface area contributed by atoms with E-state index in [-0.39, 0.29) is 6.42 Å². The first kappa shape index (κ1) is 28.8. The predicted molar refractivity (Wildman–Crippen MR) is 118 cm³/mol. The van der Waals surface area contributed by atoms with E-state index in [4.69, 9.17) is 9.79 Å². The van der Waals surface area contributed by atoms with Crippen molar-refractivity contribution in [2.45, 2.75) is 128 Å².